The summed E-state index contributed by atoms with van der Waals surface area (Å²) in [6.07, 6.45) is 2.68. The molecule has 1 aliphatic heterocycles. The van der Waals surface area contributed by atoms with Gasteiger partial charge >= 0.3 is 0 Å². The minimum Gasteiger partial charge on any atom is -0.352 e. The highest BCUT2D eigenvalue weighted by molar-refractivity contribution is 5.76. The van der Waals surface area contributed by atoms with Gasteiger partial charge in [0.25, 0.3) is 0 Å². The smallest absolute Gasteiger partial charge is 0.220 e. The number of nitrogens with one attached hydrogen (secondary N) is 1. The molecule has 15 heavy (non-hydrogen) atoms. The predicted molar refractivity (Wildman–Crippen MR) is 62.8 cm³/mol. The summed E-state index contributed by atoms with van der Waals surface area (Å²) in [5.41, 5.74) is 0.226. The SMILES string of the molecule is CCCC(=O)NC1CCN(C(C)(C)C)C1. The molecule has 0 aromatic rings. The van der Waals surface area contributed by atoms with Gasteiger partial charge in [0.05, 0.1) is 0 Å². The molecule has 1 heterocycles. The van der Waals surface area contributed by atoms with E-state index in [9.17, 15) is 4.79 Å². The van der Waals surface area contributed by atoms with Gasteiger partial charge in [-0.1, -0.05) is 6.92 Å². The Morgan fingerprint density at radius 3 is 2.60 bits per heavy atom. The van der Waals surface area contributed by atoms with Crippen LogP contribution in [0.4, 0.5) is 0 Å². The number of carbonyl (C=O) groups excluding carboxylic acids is 1. The van der Waals surface area contributed by atoms with Crippen molar-refractivity contribution in [2.45, 2.75) is 58.5 Å². The van der Waals surface area contributed by atoms with Gasteiger partial charge in [-0.15, -0.1) is 0 Å². The number of hydrogen-bond donors (Lipinski definition) is 1. The summed E-state index contributed by atoms with van der Waals surface area (Å²) in [6, 6.07) is 0.364. The third-order valence-corrected chi connectivity index (χ3v) is 2.98. The molecular weight excluding hydrogens is 188 g/mol. The van der Waals surface area contributed by atoms with Gasteiger partial charge in [-0.3, -0.25) is 9.69 Å². The molecule has 1 aliphatic rings. The van der Waals surface area contributed by atoms with E-state index in [0.717, 1.165) is 25.9 Å². The first kappa shape index (κ1) is 12.5. The zero-order valence-corrected chi connectivity index (χ0v) is 10.5. The molecule has 0 saturated carbocycles. The molecule has 88 valence electrons. The first-order valence-electron chi connectivity index (χ1n) is 5.98. The third kappa shape index (κ3) is 3.82. The third-order valence-electron chi connectivity index (χ3n) is 2.98. The van der Waals surface area contributed by atoms with Crippen LogP contribution < -0.4 is 5.32 Å². The molecule has 1 amide bonds. The zero-order valence-electron chi connectivity index (χ0n) is 10.5. The first-order valence-corrected chi connectivity index (χ1v) is 5.98. The number of rotatable bonds is 3. The Morgan fingerprint density at radius 1 is 1.47 bits per heavy atom. The molecule has 1 rings (SSSR count). The Labute approximate surface area is 93.2 Å². The van der Waals surface area contributed by atoms with E-state index in [1.165, 1.54) is 0 Å². The van der Waals surface area contributed by atoms with Crippen LogP contribution in [-0.2, 0) is 4.79 Å². The molecular formula is C12H24N2O. The monoisotopic (exact) mass is 212 g/mol. The Kier molecular flexibility index (Phi) is 4.14. The number of amides is 1. The average molecular weight is 212 g/mol. The largest absolute Gasteiger partial charge is 0.352 e. The van der Waals surface area contributed by atoms with E-state index in [2.05, 4.69) is 31.0 Å². The molecule has 1 atom stereocenters. The van der Waals surface area contributed by atoms with Crippen molar-refractivity contribution >= 4 is 5.91 Å². The second kappa shape index (κ2) is 4.97. The van der Waals surface area contributed by atoms with Crippen molar-refractivity contribution < 1.29 is 4.79 Å². The summed E-state index contributed by atoms with van der Waals surface area (Å²) in [4.78, 5) is 13.9. The van der Waals surface area contributed by atoms with Crippen molar-refractivity contribution in [3.63, 3.8) is 0 Å². The van der Waals surface area contributed by atoms with Crippen molar-refractivity contribution in [2.24, 2.45) is 0 Å². The second-order valence-corrected chi connectivity index (χ2v) is 5.42. The maximum atomic E-state index is 11.4. The van der Waals surface area contributed by atoms with E-state index < -0.39 is 0 Å². The van der Waals surface area contributed by atoms with Gasteiger partial charge in [0.2, 0.25) is 5.91 Å². The van der Waals surface area contributed by atoms with Gasteiger partial charge in [0.1, 0.15) is 0 Å². The lowest BCUT2D eigenvalue weighted by Crippen LogP contribution is -2.43. The Morgan fingerprint density at radius 2 is 2.13 bits per heavy atom. The van der Waals surface area contributed by atoms with Gasteiger partial charge in [-0.2, -0.15) is 0 Å². The van der Waals surface area contributed by atoms with E-state index in [4.69, 9.17) is 0 Å². The number of likely N-dealkylation sites (tertiary alicyclic amines) is 1. The lowest BCUT2D eigenvalue weighted by Gasteiger charge is -2.31. The van der Waals surface area contributed by atoms with E-state index in [1.54, 1.807) is 0 Å². The number of hydrogen-bond acceptors (Lipinski definition) is 2. The molecule has 1 unspecified atom stereocenters. The van der Waals surface area contributed by atoms with Crippen molar-refractivity contribution in [3.8, 4) is 0 Å². The molecule has 1 N–H and O–H groups in total. The molecule has 0 aromatic carbocycles. The fourth-order valence-electron chi connectivity index (χ4n) is 2.01. The Bertz CT molecular complexity index is 220. The maximum Gasteiger partial charge on any atom is 0.220 e. The highest BCUT2D eigenvalue weighted by atomic mass is 16.1. The minimum atomic E-state index is 0.207. The Balaban J connectivity index is 2.34. The van der Waals surface area contributed by atoms with Crippen molar-refractivity contribution in [3.05, 3.63) is 0 Å². The van der Waals surface area contributed by atoms with Gasteiger partial charge < -0.3 is 5.32 Å². The minimum absolute atomic E-state index is 0.207. The molecule has 0 spiro atoms. The van der Waals surface area contributed by atoms with Crippen molar-refractivity contribution in [1.29, 1.82) is 0 Å². The zero-order chi connectivity index (χ0) is 11.5. The summed E-state index contributed by atoms with van der Waals surface area (Å²) in [6.45, 7) is 10.8. The number of carbonyl (C=O) groups is 1. The van der Waals surface area contributed by atoms with E-state index in [-0.39, 0.29) is 11.4 Å². The van der Waals surface area contributed by atoms with Crippen LogP contribution in [0.15, 0.2) is 0 Å². The van der Waals surface area contributed by atoms with Crippen LogP contribution >= 0.6 is 0 Å². The summed E-state index contributed by atoms with van der Waals surface area (Å²) >= 11 is 0. The summed E-state index contributed by atoms with van der Waals surface area (Å²) in [7, 11) is 0. The van der Waals surface area contributed by atoms with Crippen LogP contribution in [0.5, 0.6) is 0 Å². The van der Waals surface area contributed by atoms with Crippen LogP contribution in [-0.4, -0.2) is 35.5 Å². The van der Waals surface area contributed by atoms with E-state index >= 15 is 0 Å². The lowest BCUT2D eigenvalue weighted by atomic mass is 10.1. The highest BCUT2D eigenvalue weighted by Gasteiger charge is 2.30. The van der Waals surface area contributed by atoms with E-state index in [0.29, 0.717) is 12.5 Å². The maximum absolute atomic E-state index is 11.4. The lowest BCUT2D eigenvalue weighted by molar-refractivity contribution is -0.121. The molecule has 3 heteroatoms. The van der Waals surface area contributed by atoms with Gasteiger partial charge in [-0.05, 0) is 33.6 Å². The van der Waals surface area contributed by atoms with Gasteiger partial charge in [0.15, 0.2) is 0 Å². The quantitative estimate of drug-likeness (QED) is 0.773. The molecule has 0 bridgehead atoms. The van der Waals surface area contributed by atoms with Crippen LogP contribution in [0, 0.1) is 0 Å². The van der Waals surface area contributed by atoms with Crippen molar-refractivity contribution in [2.75, 3.05) is 13.1 Å². The predicted octanol–water partition coefficient (Wildman–Crippen LogP) is 1.78. The standard InChI is InChI=1S/C12H24N2O/c1-5-6-11(15)13-10-7-8-14(9-10)12(2,3)4/h10H,5-9H2,1-4H3,(H,13,15). The fourth-order valence-corrected chi connectivity index (χ4v) is 2.01. The van der Waals surface area contributed by atoms with Crippen LogP contribution in [0.3, 0.4) is 0 Å². The molecule has 0 radical (unpaired) electrons. The molecule has 0 aliphatic carbocycles. The Hall–Kier alpha value is -0.570. The second-order valence-electron chi connectivity index (χ2n) is 5.42. The molecule has 3 nitrogen and oxygen atoms in total. The number of nitrogens with zero attached hydrogens (tertiary/aromatic N) is 1. The van der Waals surface area contributed by atoms with Crippen LogP contribution in [0.1, 0.15) is 47.0 Å². The molecule has 0 aromatic heterocycles. The summed E-state index contributed by atoms with van der Waals surface area (Å²) < 4.78 is 0. The van der Waals surface area contributed by atoms with Crippen molar-refractivity contribution in [1.82, 2.24) is 10.2 Å². The van der Waals surface area contributed by atoms with Crippen LogP contribution in [0.2, 0.25) is 0 Å². The van der Waals surface area contributed by atoms with Crippen LogP contribution in [0.25, 0.3) is 0 Å². The summed E-state index contributed by atoms with van der Waals surface area (Å²) in [5.74, 6) is 0.207. The normalized spacial score (nSPS) is 23.1. The molecule has 1 saturated heterocycles. The first-order chi connectivity index (χ1) is 6.93. The van der Waals surface area contributed by atoms with Gasteiger partial charge in [-0.25, -0.2) is 0 Å². The average Bonchev–Trinajstić information content (AvgIpc) is 2.52. The highest BCUT2D eigenvalue weighted by Crippen LogP contribution is 2.20. The molecule has 1 fully saturated rings. The summed E-state index contributed by atoms with van der Waals surface area (Å²) in [5, 5.41) is 3.10. The van der Waals surface area contributed by atoms with E-state index in [1.807, 2.05) is 6.92 Å². The fraction of sp³-hybridized carbons (Fsp3) is 0.917. The van der Waals surface area contributed by atoms with Gasteiger partial charge in [0, 0.05) is 31.1 Å². The topological polar surface area (TPSA) is 32.3 Å².